The summed E-state index contributed by atoms with van der Waals surface area (Å²) in [6, 6.07) is 58.8. The number of rotatable bonds is 8. The van der Waals surface area contributed by atoms with E-state index in [0.29, 0.717) is 0 Å². The molecule has 0 aromatic heterocycles. The third kappa shape index (κ3) is 6.87. The number of benzene rings is 7. The second kappa shape index (κ2) is 14.5. The van der Waals surface area contributed by atoms with E-state index in [0.717, 1.165) is 46.5 Å². The molecule has 0 bridgehead atoms. The topological polar surface area (TPSA) is 12.4 Å². The molecule has 0 saturated carbocycles. The van der Waals surface area contributed by atoms with Gasteiger partial charge in [-0.3, -0.25) is 0 Å². The Kier molecular flexibility index (Phi) is 9.17. The van der Waals surface area contributed by atoms with E-state index in [1.165, 1.54) is 60.2 Å². The van der Waals surface area contributed by atoms with Crippen LogP contribution in [0.2, 0.25) is 0 Å². The maximum absolute atomic E-state index is 5.21. The van der Waals surface area contributed by atoms with Crippen molar-refractivity contribution in [3.05, 3.63) is 215 Å². The van der Waals surface area contributed by atoms with Crippen molar-refractivity contribution in [2.45, 2.75) is 26.7 Å². The minimum Gasteiger partial charge on any atom is -0.248 e. The van der Waals surface area contributed by atoms with E-state index in [2.05, 4.69) is 196 Å². The summed E-state index contributed by atoms with van der Waals surface area (Å²) in [5, 5.41) is 5.17. The normalized spacial score (nSPS) is 13.1. The molecule has 7 aromatic rings. The van der Waals surface area contributed by atoms with Crippen molar-refractivity contribution in [2.75, 3.05) is 0 Å². The van der Waals surface area contributed by atoms with E-state index in [-0.39, 0.29) is 0 Å². The van der Waals surface area contributed by atoms with E-state index in [1.807, 2.05) is 0 Å². The first-order valence-electron chi connectivity index (χ1n) is 18.1. The van der Waals surface area contributed by atoms with Crippen LogP contribution in [0.4, 0.5) is 0 Å². The van der Waals surface area contributed by atoms with E-state index in [4.69, 9.17) is 4.99 Å². The molecule has 1 aliphatic rings. The molecule has 7 aromatic carbocycles. The Morgan fingerprint density at radius 2 is 1.17 bits per heavy atom. The monoisotopic (exact) mass is 667 g/mol. The highest BCUT2D eigenvalue weighted by Gasteiger charge is 2.11. The van der Waals surface area contributed by atoms with Gasteiger partial charge in [-0.25, -0.2) is 4.99 Å². The van der Waals surface area contributed by atoms with Gasteiger partial charge in [-0.15, -0.1) is 0 Å². The molecule has 0 saturated heterocycles. The number of hydrogen-bond donors (Lipinski definition) is 0. The molecule has 1 aliphatic carbocycles. The van der Waals surface area contributed by atoms with E-state index < -0.39 is 0 Å². The van der Waals surface area contributed by atoms with Gasteiger partial charge in [-0.05, 0) is 104 Å². The van der Waals surface area contributed by atoms with E-state index >= 15 is 0 Å². The molecule has 1 heteroatoms. The molecule has 0 amide bonds. The molecule has 0 spiro atoms. The minimum absolute atomic E-state index is 0.732. The predicted octanol–water partition coefficient (Wildman–Crippen LogP) is 11.8. The third-order valence-electron chi connectivity index (χ3n) is 10.2. The van der Waals surface area contributed by atoms with Crippen LogP contribution in [0.1, 0.15) is 47.6 Å². The zero-order valence-corrected chi connectivity index (χ0v) is 29.8. The quantitative estimate of drug-likeness (QED) is 0.143. The summed E-state index contributed by atoms with van der Waals surface area (Å²) in [4.78, 5) is 5.21. The molecule has 0 aliphatic heterocycles. The summed E-state index contributed by atoms with van der Waals surface area (Å²) in [6.45, 7) is 8.73. The Morgan fingerprint density at radius 3 is 1.94 bits per heavy atom. The van der Waals surface area contributed by atoms with Crippen molar-refractivity contribution in [3.63, 3.8) is 0 Å². The number of aliphatic imine (C=N–C) groups is 1. The van der Waals surface area contributed by atoms with Crippen LogP contribution in [0, 0.1) is 6.92 Å². The summed E-state index contributed by atoms with van der Waals surface area (Å²) in [5.41, 5.74) is 14.7. The highest BCUT2D eigenvalue weighted by molar-refractivity contribution is 6.14. The molecular formula is C51H41N. The van der Waals surface area contributed by atoms with Crippen LogP contribution >= 0.6 is 0 Å². The molecule has 0 N–H and O–H groups in total. The van der Waals surface area contributed by atoms with Gasteiger partial charge in [0.1, 0.15) is 0 Å². The molecule has 8 rings (SSSR count). The molecule has 0 radical (unpaired) electrons. The number of allylic oxidation sites excluding steroid dienone is 2. The fourth-order valence-electron chi connectivity index (χ4n) is 7.27. The van der Waals surface area contributed by atoms with Gasteiger partial charge in [-0.1, -0.05) is 182 Å². The highest BCUT2D eigenvalue weighted by atomic mass is 14.8. The van der Waals surface area contributed by atoms with Gasteiger partial charge in [0.2, 0.25) is 0 Å². The Hall–Kier alpha value is -6.31. The SMILES string of the molecule is C=C(N=C(/C=C(\C)c1ccc(-c2cccc3ccccc23)cc1)c1ccc(C2=c3ccccc3=CCC2)cc1)c1ccc(-c2ccc(C)cc2)cc1. The molecule has 1 nitrogen and oxygen atoms in total. The average Bonchev–Trinajstić information content (AvgIpc) is 3.20. The number of nitrogens with zero attached hydrogens (tertiary/aromatic N) is 1. The molecular weight excluding hydrogens is 627 g/mol. The molecule has 52 heavy (non-hydrogen) atoms. The summed E-state index contributed by atoms with van der Waals surface area (Å²) in [5.74, 6) is 0. The fourth-order valence-corrected chi connectivity index (χ4v) is 7.27. The van der Waals surface area contributed by atoms with Gasteiger partial charge < -0.3 is 0 Å². The maximum Gasteiger partial charge on any atom is 0.0712 e. The average molecular weight is 668 g/mol. The van der Waals surface area contributed by atoms with Crippen molar-refractivity contribution in [1.29, 1.82) is 0 Å². The number of hydrogen-bond acceptors (Lipinski definition) is 1. The maximum atomic E-state index is 5.21. The second-order valence-electron chi connectivity index (χ2n) is 13.7. The van der Waals surface area contributed by atoms with Crippen LogP contribution in [0.5, 0.6) is 0 Å². The summed E-state index contributed by atoms with van der Waals surface area (Å²) in [6.07, 6.45) is 6.65. The zero-order chi connectivity index (χ0) is 35.4. The molecule has 0 fully saturated rings. The van der Waals surface area contributed by atoms with Gasteiger partial charge in [0.15, 0.2) is 0 Å². The molecule has 0 unspecified atom stereocenters. The van der Waals surface area contributed by atoms with Crippen molar-refractivity contribution in [3.8, 4) is 22.3 Å². The first kappa shape index (κ1) is 32.9. The van der Waals surface area contributed by atoms with Crippen molar-refractivity contribution in [1.82, 2.24) is 0 Å². The lowest BCUT2D eigenvalue weighted by molar-refractivity contribution is 1.08. The van der Waals surface area contributed by atoms with Crippen molar-refractivity contribution >= 4 is 39.4 Å². The molecule has 250 valence electrons. The highest BCUT2D eigenvalue weighted by Crippen LogP contribution is 2.30. The van der Waals surface area contributed by atoms with E-state index in [1.54, 1.807) is 0 Å². The lowest BCUT2D eigenvalue weighted by atomic mass is 9.92. The van der Waals surface area contributed by atoms with Gasteiger partial charge in [0.25, 0.3) is 0 Å². The van der Waals surface area contributed by atoms with Crippen molar-refractivity contribution < 1.29 is 0 Å². The first-order valence-corrected chi connectivity index (χ1v) is 18.1. The Bertz CT molecular complexity index is 2590. The second-order valence-corrected chi connectivity index (χ2v) is 13.7. The summed E-state index contributed by atoms with van der Waals surface area (Å²) >= 11 is 0. The number of fused-ring (bicyclic) bond motifs is 2. The lowest BCUT2D eigenvalue weighted by Crippen LogP contribution is -2.29. The van der Waals surface area contributed by atoms with Crippen LogP contribution in [-0.4, -0.2) is 5.71 Å². The zero-order valence-electron chi connectivity index (χ0n) is 29.8. The van der Waals surface area contributed by atoms with Crippen LogP contribution in [0.25, 0.3) is 55.9 Å². The molecule has 0 atom stereocenters. The largest absolute Gasteiger partial charge is 0.248 e. The van der Waals surface area contributed by atoms with Gasteiger partial charge in [0, 0.05) is 5.56 Å². The van der Waals surface area contributed by atoms with Crippen molar-refractivity contribution in [2.24, 2.45) is 4.99 Å². The standard InChI is InChI=1S/C51H41N/c1-35-18-20-40(21-19-35)41-26-24-39(25-27-41)37(3)52-51(46-32-30-45(31-33-46)50-17-9-13-43-11-5-7-15-48(43)50)34-36(2)38-22-28-44(29-23-38)49-16-8-12-42-10-4-6-14-47(42)49/h4-8,10-16,18-34H,3,9,17H2,1-2H3/b36-34+,52-51?. The smallest absolute Gasteiger partial charge is 0.0712 e. The third-order valence-corrected chi connectivity index (χ3v) is 10.2. The van der Waals surface area contributed by atoms with Gasteiger partial charge >= 0.3 is 0 Å². The summed E-state index contributed by atoms with van der Waals surface area (Å²) < 4.78 is 0. The van der Waals surface area contributed by atoms with Crippen LogP contribution < -0.4 is 10.4 Å². The number of aryl methyl sites for hydroxylation is 1. The Morgan fingerprint density at radius 1 is 0.577 bits per heavy atom. The van der Waals surface area contributed by atoms with Gasteiger partial charge in [0.05, 0.1) is 11.4 Å². The summed E-state index contributed by atoms with van der Waals surface area (Å²) in [7, 11) is 0. The van der Waals surface area contributed by atoms with Gasteiger partial charge in [-0.2, -0.15) is 0 Å². The van der Waals surface area contributed by atoms with E-state index in [9.17, 15) is 0 Å². The van der Waals surface area contributed by atoms with Crippen LogP contribution in [0.15, 0.2) is 181 Å². The Balaban J connectivity index is 1.14. The first-order chi connectivity index (χ1) is 25.5. The van der Waals surface area contributed by atoms with Crippen LogP contribution in [-0.2, 0) is 0 Å². The Labute approximate surface area is 307 Å². The predicted molar refractivity (Wildman–Crippen MR) is 224 cm³/mol. The fraction of sp³-hybridized carbons (Fsp3) is 0.0784. The molecule has 0 heterocycles. The minimum atomic E-state index is 0.732. The lowest BCUT2D eigenvalue weighted by Gasteiger charge is -2.13. The van der Waals surface area contributed by atoms with Crippen LogP contribution in [0.3, 0.4) is 0 Å².